The maximum absolute atomic E-state index is 11.7. The number of halogens is 3. The van der Waals surface area contributed by atoms with E-state index < -0.39 is 0 Å². The predicted octanol–water partition coefficient (Wildman–Crippen LogP) is 3.80. The Balaban J connectivity index is 3.10. The molecule has 0 radical (unpaired) electrons. The highest BCUT2D eigenvalue weighted by atomic mass is 35.5. The lowest BCUT2D eigenvalue weighted by Gasteiger charge is -2.05. The molecule has 0 amide bonds. The number of aryl methyl sites for hydroxylation is 1. The molecule has 1 heterocycles. The molecule has 0 fully saturated rings. The Hall–Kier alpha value is -0.700. The van der Waals surface area contributed by atoms with E-state index in [0.717, 1.165) is 5.69 Å². The molecular formula is C10H6Cl3NO. The van der Waals surface area contributed by atoms with Crippen LogP contribution in [0.5, 0.6) is 0 Å². The van der Waals surface area contributed by atoms with Crippen LogP contribution in [0.2, 0.25) is 15.1 Å². The average molecular weight is 263 g/mol. The van der Waals surface area contributed by atoms with Crippen LogP contribution in [0.1, 0.15) is 5.69 Å². The summed E-state index contributed by atoms with van der Waals surface area (Å²) in [6.45, 7) is 1.78. The second-order valence-corrected chi connectivity index (χ2v) is 4.41. The van der Waals surface area contributed by atoms with Crippen LogP contribution in [0.4, 0.5) is 0 Å². The molecule has 1 aromatic heterocycles. The largest absolute Gasteiger partial charge is 0.357 e. The van der Waals surface area contributed by atoms with Crippen LogP contribution in [0, 0.1) is 6.92 Å². The first-order chi connectivity index (χ1) is 7.00. The highest BCUT2D eigenvalue weighted by Crippen LogP contribution is 2.33. The first kappa shape index (κ1) is 10.8. The van der Waals surface area contributed by atoms with Gasteiger partial charge < -0.3 is 4.98 Å². The molecule has 0 saturated carbocycles. The zero-order chi connectivity index (χ0) is 11.2. The van der Waals surface area contributed by atoms with Crippen LogP contribution >= 0.6 is 34.8 Å². The zero-order valence-corrected chi connectivity index (χ0v) is 9.96. The number of H-pyrrole nitrogens is 1. The van der Waals surface area contributed by atoms with Crippen molar-refractivity contribution < 1.29 is 0 Å². The lowest BCUT2D eigenvalue weighted by molar-refractivity contribution is 1.24. The molecule has 0 bridgehead atoms. The van der Waals surface area contributed by atoms with Crippen LogP contribution in [-0.4, -0.2) is 4.98 Å². The van der Waals surface area contributed by atoms with Crippen LogP contribution in [0.15, 0.2) is 16.9 Å². The zero-order valence-electron chi connectivity index (χ0n) is 7.70. The minimum atomic E-state index is -0.185. The predicted molar refractivity (Wildman–Crippen MR) is 64.3 cm³/mol. The van der Waals surface area contributed by atoms with E-state index >= 15 is 0 Å². The Labute approximate surface area is 101 Å². The third-order valence-electron chi connectivity index (χ3n) is 2.09. The molecule has 0 aliphatic rings. The summed E-state index contributed by atoms with van der Waals surface area (Å²) in [5, 5.41) is 1.24. The Morgan fingerprint density at radius 1 is 1.13 bits per heavy atom. The number of aromatic amines is 1. The van der Waals surface area contributed by atoms with Crippen molar-refractivity contribution >= 4 is 45.7 Å². The van der Waals surface area contributed by atoms with Gasteiger partial charge in [-0.1, -0.05) is 34.8 Å². The van der Waals surface area contributed by atoms with Gasteiger partial charge in [-0.25, -0.2) is 0 Å². The summed E-state index contributed by atoms with van der Waals surface area (Å²) in [7, 11) is 0. The van der Waals surface area contributed by atoms with E-state index in [1.165, 1.54) is 12.1 Å². The van der Waals surface area contributed by atoms with Crippen molar-refractivity contribution in [2.45, 2.75) is 6.92 Å². The lowest BCUT2D eigenvalue weighted by Crippen LogP contribution is -2.04. The number of benzene rings is 1. The third-order valence-corrected chi connectivity index (χ3v) is 3.17. The Bertz CT molecular complexity index is 604. The normalized spacial score (nSPS) is 10.9. The van der Waals surface area contributed by atoms with Gasteiger partial charge in [0, 0.05) is 11.8 Å². The van der Waals surface area contributed by atoms with E-state index in [-0.39, 0.29) is 15.5 Å². The monoisotopic (exact) mass is 261 g/mol. The van der Waals surface area contributed by atoms with Gasteiger partial charge in [-0.15, -0.1) is 0 Å². The van der Waals surface area contributed by atoms with Crippen molar-refractivity contribution in [1.82, 2.24) is 4.98 Å². The molecule has 78 valence electrons. The smallest absolute Gasteiger partial charge is 0.191 e. The molecule has 1 N–H and O–H groups in total. The summed E-state index contributed by atoms with van der Waals surface area (Å²) in [6, 6.07) is 2.98. The van der Waals surface area contributed by atoms with E-state index in [0.29, 0.717) is 15.9 Å². The van der Waals surface area contributed by atoms with Gasteiger partial charge in [0.2, 0.25) is 0 Å². The van der Waals surface area contributed by atoms with Gasteiger partial charge in [-0.2, -0.15) is 0 Å². The maximum Gasteiger partial charge on any atom is 0.191 e. The summed E-state index contributed by atoms with van der Waals surface area (Å²) in [5.74, 6) is 0. The summed E-state index contributed by atoms with van der Waals surface area (Å²) in [4.78, 5) is 14.7. The van der Waals surface area contributed by atoms with Crippen LogP contribution in [0.3, 0.4) is 0 Å². The summed E-state index contributed by atoms with van der Waals surface area (Å²) in [5.41, 5.74) is 1.07. The molecule has 5 heteroatoms. The second-order valence-electron chi connectivity index (χ2n) is 3.22. The van der Waals surface area contributed by atoms with Gasteiger partial charge in [-0.3, -0.25) is 4.79 Å². The molecular weight excluding hydrogens is 256 g/mol. The van der Waals surface area contributed by atoms with E-state index in [1.807, 2.05) is 0 Å². The van der Waals surface area contributed by atoms with Gasteiger partial charge in [0.05, 0.1) is 26.0 Å². The number of fused-ring (bicyclic) bond motifs is 1. The number of pyridine rings is 1. The fourth-order valence-electron chi connectivity index (χ4n) is 1.45. The fraction of sp³-hybridized carbons (Fsp3) is 0.100. The Morgan fingerprint density at radius 2 is 1.80 bits per heavy atom. The molecule has 15 heavy (non-hydrogen) atoms. The Kier molecular flexibility index (Phi) is 2.67. The number of nitrogens with one attached hydrogen (secondary N) is 1. The van der Waals surface area contributed by atoms with Crippen molar-refractivity contribution in [2.24, 2.45) is 0 Å². The van der Waals surface area contributed by atoms with Crippen molar-refractivity contribution in [3.05, 3.63) is 43.1 Å². The molecule has 0 aliphatic carbocycles. The van der Waals surface area contributed by atoms with Crippen molar-refractivity contribution in [2.75, 3.05) is 0 Å². The summed E-state index contributed by atoms with van der Waals surface area (Å²) < 4.78 is 0. The molecule has 2 aromatic rings. The lowest BCUT2D eigenvalue weighted by atomic mass is 10.2. The first-order valence-electron chi connectivity index (χ1n) is 4.18. The third kappa shape index (κ3) is 1.73. The fourth-order valence-corrected chi connectivity index (χ4v) is 2.20. The summed E-state index contributed by atoms with van der Waals surface area (Å²) >= 11 is 17.7. The number of rotatable bonds is 0. The van der Waals surface area contributed by atoms with Crippen molar-refractivity contribution in [3.63, 3.8) is 0 Å². The van der Waals surface area contributed by atoms with Crippen molar-refractivity contribution in [1.29, 1.82) is 0 Å². The van der Waals surface area contributed by atoms with Crippen LogP contribution < -0.4 is 5.43 Å². The molecule has 1 aromatic carbocycles. The van der Waals surface area contributed by atoms with E-state index in [1.54, 1.807) is 6.92 Å². The highest BCUT2D eigenvalue weighted by Gasteiger charge is 2.11. The number of aromatic nitrogens is 1. The molecule has 2 rings (SSSR count). The van der Waals surface area contributed by atoms with Gasteiger partial charge in [0.15, 0.2) is 5.43 Å². The average Bonchev–Trinajstić information content (AvgIpc) is 2.13. The maximum atomic E-state index is 11.7. The van der Waals surface area contributed by atoms with E-state index in [9.17, 15) is 4.79 Å². The molecule has 0 spiro atoms. The van der Waals surface area contributed by atoms with E-state index in [2.05, 4.69) is 4.98 Å². The van der Waals surface area contributed by atoms with E-state index in [4.69, 9.17) is 34.8 Å². The topological polar surface area (TPSA) is 32.9 Å². The minimum Gasteiger partial charge on any atom is -0.357 e. The molecule has 0 saturated heterocycles. The van der Waals surface area contributed by atoms with Crippen molar-refractivity contribution in [3.8, 4) is 0 Å². The molecule has 0 unspecified atom stereocenters. The molecule has 2 nitrogen and oxygen atoms in total. The first-order valence-corrected chi connectivity index (χ1v) is 5.31. The Morgan fingerprint density at radius 3 is 2.47 bits per heavy atom. The van der Waals surface area contributed by atoms with Gasteiger partial charge in [0.25, 0.3) is 0 Å². The molecule has 0 atom stereocenters. The minimum absolute atomic E-state index is 0.185. The number of hydrogen-bond acceptors (Lipinski definition) is 1. The standard InChI is InChI=1S/C10H6Cl3NO/c1-4-2-7(15)8-9(13)5(11)3-6(12)10(8)14-4/h2-3H,1H3,(H,14,15). The second kappa shape index (κ2) is 3.71. The van der Waals surface area contributed by atoms with Gasteiger partial charge in [-0.05, 0) is 13.0 Å². The number of hydrogen-bond donors (Lipinski definition) is 1. The van der Waals surface area contributed by atoms with Crippen LogP contribution in [-0.2, 0) is 0 Å². The SMILES string of the molecule is Cc1cc(=O)c2c(Cl)c(Cl)cc(Cl)c2[nH]1. The highest BCUT2D eigenvalue weighted by molar-refractivity contribution is 6.47. The molecule has 0 aliphatic heterocycles. The van der Waals surface area contributed by atoms with Crippen LogP contribution in [0.25, 0.3) is 10.9 Å². The quantitative estimate of drug-likeness (QED) is 0.720. The summed E-state index contributed by atoms with van der Waals surface area (Å²) in [6.07, 6.45) is 0. The van der Waals surface area contributed by atoms with Gasteiger partial charge in [0.1, 0.15) is 0 Å². The van der Waals surface area contributed by atoms with Gasteiger partial charge >= 0.3 is 0 Å².